The van der Waals surface area contributed by atoms with Crippen LogP contribution in [0.1, 0.15) is 6.42 Å². The molecular weight excluding hydrogens is 350 g/mol. The molecule has 1 aliphatic heterocycles. The van der Waals surface area contributed by atoms with Crippen LogP contribution >= 0.6 is 0 Å². The van der Waals surface area contributed by atoms with Gasteiger partial charge in [0.2, 0.25) is 5.91 Å². The van der Waals surface area contributed by atoms with Gasteiger partial charge < -0.3 is 14.9 Å². The van der Waals surface area contributed by atoms with E-state index in [2.05, 4.69) is 4.90 Å². The number of carbonyl (C=O) groups excluding carboxylic acids is 1. The molecule has 1 N–H and O–H groups in total. The molecule has 4 atom stereocenters. The van der Waals surface area contributed by atoms with E-state index in [1.165, 1.54) is 12.1 Å². The zero-order valence-corrected chi connectivity index (χ0v) is 14.7. The summed E-state index contributed by atoms with van der Waals surface area (Å²) in [5, 5.41) is 20.3. The highest BCUT2D eigenvalue weighted by Crippen LogP contribution is 2.48. The van der Waals surface area contributed by atoms with Crippen molar-refractivity contribution in [3.8, 4) is 0 Å². The first kappa shape index (κ1) is 17.5. The van der Waals surface area contributed by atoms with Crippen molar-refractivity contribution in [2.45, 2.75) is 6.42 Å². The van der Waals surface area contributed by atoms with Crippen LogP contribution in [0, 0.1) is 33.8 Å². The number of carboxylic acid groups (broad SMARTS) is 1. The molecule has 1 amide bonds. The third-order valence-corrected chi connectivity index (χ3v) is 6.05. The van der Waals surface area contributed by atoms with Gasteiger partial charge in [0.1, 0.15) is 0 Å². The molecular formula is C19H21N3O5. The van der Waals surface area contributed by atoms with E-state index in [0.29, 0.717) is 26.2 Å². The Bertz CT molecular complexity index is 798. The second-order valence-corrected chi connectivity index (χ2v) is 7.42. The van der Waals surface area contributed by atoms with E-state index >= 15 is 0 Å². The zero-order valence-electron chi connectivity index (χ0n) is 14.7. The van der Waals surface area contributed by atoms with Gasteiger partial charge in [-0.15, -0.1) is 0 Å². The Balaban J connectivity index is 1.40. The Kier molecular flexibility index (Phi) is 4.33. The molecule has 1 heterocycles. The zero-order chi connectivity index (χ0) is 19.1. The van der Waals surface area contributed by atoms with Gasteiger partial charge in [0.15, 0.2) is 0 Å². The molecule has 1 aromatic rings. The normalized spacial score (nSPS) is 29.2. The molecule has 8 nitrogen and oxygen atoms in total. The number of hydrogen-bond donors (Lipinski definition) is 1. The summed E-state index contributed by atoms with van der Waals surface area (Å²) in [6, 6.07) is 6.39. The largest absolute Gasteiger partial charge is 0.481 e. The number of benzene rings is 1. The number of piperazine rings is 1. The molecule has 1 aromatic carbocycles. The van der Waals surface area contributed by atoms with E-state index in [0.717, 1.165) is 12.1 Å². The number of nitro groups is 1. The van der Waals surface area contributed by atoms with Crippen LogP contribution in [0.25, 0.3) is 0 Å². The van der Waals surface area contributed by atoms with Crippen molar-refractivity contribution < 1.29 is 19.6 Å². The van der Waals surface area contributed by atoms with E-state index < -0.39 is 22.7 Å². The summed E-state index contributed by atoms with van der Waals surface area (Å²) < 4.78 is 0. The Morgan fingerprint density at radius 2 is 1.59 bits per heavy atom. The minimum Gasteiger partial charge on any atom is -0.481 e. The van der Waals surface area contributed by atoms with E-state index in [-0.39, 0.29) is 23.4 Å². The Morgan fingerprint density at radius 1 is 1.00 bits per heavy atom. The van der Waals surface area contributed by atoms with Crippen molar-refractivity contribution in [2.75, 3.05) is 31.1 Å². The lowest BCUT2D eigenvalue weighted by atomic mass is 9.82. The quantitative estimate of drug-likeness (QED) is 0.491. The van der Waals surface area contributed by atoms with Crippen LogP contribution in [-0.4, -0.2) is 53.0 Å². The van der Waals surface area contributed by atoms with Crippen molar-refractivity contribution in [2.24, 2.45) is 23.7 Å². The number of allylic oxidation sites excluding steroid dienone is 2. The molecule has 0 aromatic heterocycles. The summed E-state index contributed by atoms with van der Waals surface area (Å²) in [5.41, 5.74) is 0.940. The van der Waals surface area contributed by atoms with Crippen LogP contribution < -0.4 is 4.90 Å². The maximum atomic E-state index is 13.0. The van der Waals surface area contributed by atoms with Crippen molar-refractivity contribution in [3.05, 3.63) is 46.5 Å². The Hall–Kier alpha value is -2.90. The summed E-state index contributed by atoms with van der Waals surface area (Å²) in [6.07, 6.45) is 4.70. The minimum atomic E-state index is -0.880. The van der Waals surface area contributed by atoms with E-state index in [9.17, 15) is 24.8 Å². The number of carbonyl (C=O) groups is 2. The average Bonchev–Trinajstić information content (AvgIpc) is 3.29. The smallest absolute Gasteiger partial charge is 0.307 e. The Morgan fingerprint density at radius 3 is 2.15 bits per heavy atom. The number of nitrogens with zero attached hydrogens (tertiary/aromatic N) is 3. The molecule has 1 saturated carbocycles. The predicted molar refractivity (Wildman–Crippen MR) is 97.2 cm³/mol. The standard InChI is InChI=1S/C19H21N3O5/c23-18(16-12-1-2-13(11-12)17(16)19(24)25)21-9-7-20(8-10-21)14-3-5-15(6-4-14)22(26)27/h1-6,12-13,16-17H,7-11H2,(H,24,25)/t12-,13+,16-,17+/m0/s1. The number of carboxylic acids is 1. The Labute approximate surface area is 156 Å². The van der Waals surface area contributed by atoms with Crippen LogP contribution in [0.5, 0.6) is 0 Å². The first-order valence-electron chi connectivity index (χ1n) is 9.15. The summed E-state index contributed by atoms with van der Waals surface area (Å²) >= 11 is 0. The molecule has 2 fully saturated rings. The van der Waals surface area contributed by atoms with Crippen LogP contribution in [-0.2, 0) is 9.59 Å². The van der Waals surface area contributed by atoms with E-state index in [1.807, 2.05) is 12.2 Å². The maximum absolute atomic E-state index is 13.0. The number of aliphatic carboxylic acids is 1. The molecule has 1 saturated heterocycles. The highest BCUT2D eigenvalue weighted by Gasteiger charge is 2.52. The average molecular weight is 371 g/mol. The van der Waals surface area contributed by atoms with Crippen molar-refractivity contribution >= 4 is 23.3 Å². The molecule has 3 aliphatic rings. The number of amides is 1. The number of non-ortho nitro benzene ring substituents is 1. The fraction of sp³-hybridized carbons (Fsp3) is 0.474. The first-order valence-corrected chi connectivity index (χ1v) is 9.15. The molecule has 0 unspecified atom stereocenters. The van der Waals surface area contributed by atoms with Crippen molar-refractivity contribution in [1.82, 2.24) is 4.90 Å². The van der Waals surface area contributed by atoms with Gasteiger partial charge in [-0.1, -0.05) is 12.2 Å². The van der Waals surface area contributed by atoms with Gasteiger partial charge in [-0.3, -0.25) is 19.7 Å². The molecule has 8 heteroatoms. The van der Waals surface area contributed by atoms with Crippen LogP contribution in [0.2, 0.25) is 0 Å². The maximum Gasteiger partial charge on any atom is 0.307 e. The van der Waals surface area contributed by atoms with Gasteiger partial charge >= 0.3 is 5.97 Å². The summed E-state index contributed by atoms with van der Waals surface area (Å²) in [4.78, 5) is 38.8. The van der Waals surface area contributed by atoms with Crippen molar-refractivity contribution in [3.63, 3.8) is 0 Å². The van der Waals surface area contributed by atoms with E-state index in [4.69, 9.17) is 0 Å². The SMILES string of the molecule is O=C(O)[C@H]1[C@@H](C(=O)N2CCN(c3ccc([N+](=O)[O-])cc3)CC2)[C@H]2C=C[C@@H]1C2. The molecule has 142 valence electrons. The topological polar surface area (TPSA) is 104 Å². The fourth-order valence-corrected chi connectivity index (χ4v) is 4.68. The predicted octanol–water partition coefficient (Wildman–Crippen LogP) is 1.77. The van der Waals surface area contributed by atoms with Crippen LogP contribution in [0.15, 0.2) is 36.4 Å². The molecule has 2 aliphatic carbocycles. The second kappa shape index (κ2) is 6.68. The van der Waals surface area contributed by atoms with Gasteiger partial charge in [0.25, 0.3) is 5.69 Å². The highest BCUT2D eigenvalue weighted by atomic mass is 16.6. The van der Waals surface area contributed by atoms with Gasteiger partial charge in [-0.05, 0) is 30.4 Å². The van der Waals surface area contributed by atoms with Crippen LogP contribution in [0.3, 0.4) is 0 Å². The number of hydrogen-bond acceptors (Lipinski definition) is 5. The number of nitro benzene ring substituents is 1. The molecule has 4 rings (SSSR count). The number of anilines is 1. The van der Waals surface area contributed by atoms with Crippen LogP contribution in [0.4, 0.5) is 11.4 Å². The first-order chi connectivity index (χ1) is 13.0. The van der Waals surface area contributed by atoms with Crippen molar-refractivity contribution in [1.29, 1.82) is 0 Å². The minimum absolute atomic E-state index is 0.0251. The molecule has 27 heavy (non-hydrogen) atoms. The van der Waals surface area contributed by atoms with Gasteiger partial charge in [0, 0.05) is 44.0 Å². The van der Waals surface area contributed by atoms with Gasteiger partial charge in [-0.2, -0.15) is 0 Å². The summed E-state index contributed by atoms with van der Waals surface area (Å²) in [7, 11) is 0. The molecule has 0 spiro atoms. The fourth-order valence-electron chi connectivity index (χ4n) is 4.68. The van der Waals surface area contributed by atoms with Gasteiger partial charge in [0.05, 0.1) is 16.8 Å². The molecule has 2 bridgehead atoms. The lowest BCUT2D eigenvalue weighted by Gasteiger charge is -2.38. The lowest BCUT2D eigenvalue weighted by molar-refractivity contribution is -0.384. The summed E-state index contributed by atoms with van der Waals surface area (Å²) in [6.45, 7) is 2.30. The third-order valence-electron chi connectivity index (χ3n) is 6.05. The monoisotopic (exact) mass is 371 g/mol. The van der Waals surface area contributed by atoms with Gasteiger partial charge in [-0.25, -0.2) is 0 Å². The second-order valence-electron chi connectivity index (χ2n) is 7.42. The highest BCUT2D eigenvalue weighted by molar-refractivity contribution is 5.87. The third kappa shape index (κ3) is 3.05. The molecule has 0 radical (unpaired) electrons. The van der Waals surface area contributed by atoms with E-state index in [1.54, 1.807) is 17.0 Å². The number of rotatable bonds is 4. The summed E-state index contributed by atoms with van der Waals surface area (Å²) in [5.74, 6) is -1.99. The number of fused-ring (bicyclic) bond motifs is 2. The lowest BCUT2D eigenvalue weighted by Crippen LogP contribution is -2.52.